The number of fused-ring (bicyclic) bond motifs is 1. The second-order valence-corrected chi connectivity index (χ2v) is 5.73. The number of hydrogen-bond acceptors (Lipinski definition) is 5. The number of nitrogens with one attached hydrogen (secondary N) is 1. The highest BCUT2D eigenvalue weighted by atomic mass is 16.5. The van der Waals surface area contributed by atoms with Gasteiger partial charge in [-0.1, -0.05) is 5.21 Å². The standard InChI is InChI=1S/C15H19N5O/c1-2-6-20-14(3-1)15(18-19-20)11-7-13(9-16-8-11)21-10-12-4-5-17-12/h7-9,12,17H,1-6,10H2/t12-/m0/s1. The molecule has 2 aromatic rings. The van der Waals surface area contributed by atoms with Crippen molar-refractivity contribution < 1.29 is 4.74 Å². The van der Waals surface area contributed by atoms with Gasteiger partial charge < -0.3 is 10.1 Å². The lowest BCUT2D eigenvalue weighted by Gasteiger charge is -2.27. The molecule has 6 nitrogen and oxygen atoms in total. The fraction of sp³-hybridized carbons (Fsp3) is 0.533. The third-order valence-corrected chi connectivity index (χ3v) is 4.23. The van der Waals surface area contributed by atoms with Crippen molar-refractivity contribution >= 4 is 0 Å². The van der Waals surface area contributed by atoms with Crippen molar-refractivity contribution in [2.24, 2.45) is 0 Å². The van der Waals surface area contributed by atoms with E-state index in [4.69, 9.17) is 4.74 Å². The van der Waals surface area contributed by atoms with E-state index in [1.165, 1.54) is 25.0 Å². The number of nitrogens with zero attached hydrogens (tertiary/aromatic N) is 4. The van der Waals surface area contributed by atoms with Crippen LogP contribution in [0.1, 0.15) is 25.0 Å². The van der Waals surface area contributed by atoms with Gasteiger partial charge >= 0.3 is 0 Å². The summed E-state index contributed by atoms with van der Waals surface area (Å²) in [5, 5.41) is 11.9. The molecule has 0 radical (unpaired) electrons. The van der Waals surface area contributed by atoms with Crippen LogP contribution in [0.4, 0.5) is 0 Å². The molecular formula is C15H19N5O. The van der Waals surface area contributed by atoms with E-state index in [1.807, 2.05) is 16.9 Å². The van der Waals surface area contributed by atoms with E-state index in [0.717, 1.165) is 36.5 Å². The summed E-state index contributed by atoms with van der Waals surface area (Å²) < 4.78 is 7.83. The van der Waals surface area contributed by atoms with Gasteiger partial charge in [0, 0.05) is 24.3 Å². The molecule has 0 unspecified atom stereocenters. The molecule has 1 N–H and O–H groups in total. The second kappa shape index (κ2) is 5.44. The van der Waals surface area contributed by atoms with Crippen LogP contribution in [0.5, 0.6) is 5.75 Å². The fourth-order valence-corrected chi connectivity index (χ4v) is 2.85. The van der Waals surface area contributed by atoms with Gasteiger partial charge in [-0.2, -0.15) is 0 Å². The third-order valence-electron chi connectivity index (χ3n) is 4.23. The Labute approximate surface area is 123 Å². The molecule has 0 spiro atoms. The number of aromatic nitrogens is 4. The monoisotopic (exact) mass is 285 g/mol. The molecule has 1 saturated heterocycles. The highest BCUT2D eigenvalue weighted by Gasteiger charge is 2.19. The molecule has 4 rings (SSSR count). The first-order valence-corrected chi connectivity index (χ1v) is 7.64. The van der Waals surface area contributed by atoms with Crippen LogP contribution in [-0.2, 0) is 13.0 Å². The molecular weight excluding hydrogens is 266 g/mol. The average molecular weight is 285 g/mol. The van der Waals surface area contributed by atoms with Crippen molar-refractivity contribution in [3.63, 3.8) is 0 Å². The van der Waals surface area contributed by atoms with Gasteiger partial charge in [0.2, 0.25) is 0 Å². The molecule has 6 heteroatoms. The Morgan fingerprint density at radius 1 is 1.33 bits per heavy atom. The van der Waals surface area contributed by atoms with Crippen molar-refractivity contribution in [3.05, 3.63) is 24.2 Å². The Morgan fingerprint density at radius 3 is 3.14 bits per heavy atom. The van der Waals surface area contributed by atoms with Crippen LogP contribution >= 0.6 is 0 Å². The Kier molecular flexibility index (Phi) is 3.31. The minimum Gasteiger partial charge on any atom is -0.490 e. The number of rotatable bonds is 4. The van der Waals surface area contributed by atoms with E-state index in [-0.39, 0.29) is 0 Å². The minimum atomic E-state index is 0.482. The normalized spacial score (nSPS) is 20.7. The summed E-state index contributed by atoms with van der Waals surface area (Å²) >= 11 is 0. The second-order valence-electron chi connectivity index (χ2n) is 5.73. The largest absolute Gasteiger partial charge is 0.490 e. The number of aryl methyl sites for hydroxylation is 1. The summed E-state index contributed by atoms with van der Waals surface area (Å²) in [5.74, 6) is 0.804. The first-order valence-electron chi connectivity index (χ1n) is 7.64. The van der Waals surface area contributed by atoms with Crippen LogP contribution in [0.2, 0.25) is 0 Å². The number of pyridine rings is 1. The first-order chi connectivity index (χ1) is 10.4. The lowest BCUT2D eigenvalue weighted by atomic mass is 10.1. The summed E-state index contributed by atoms with van der Waals surface area (Å²) in [5.41, 5.74) is 3.17. The molecule has 0 amide bonds. The Morgan fingerprint density at radius 2 is 2.29 bits per heavy atom. The first kappa shape index (κ1) is 12.8. The van der Waals surface area contributed by atoms with Crippen LogP contribution in [0.3, 0.4) is 0 Å². The summed E-state index contributed by atoms with van der Waals surface area (Å²) in [4.78, 5) is 4.29. The van der Waals surface area contributed by atoms with Gasteiger partial charge in [0.25, 0.3) is 0 Å². The van der Waals surface area contributed by atoms with Crippen molar-refractivity contribution in [2.75, 3.05) is 13.2 Å². The molecule has 2 aliphatic heterocycles. The van der Waals surface area contributed by atoms with Gasteiger partial charge in [0.1, 0.15) is 18.1 Å². The van der Waals surface area contributed by atoms with Gasteiger partial charge in [0.15, 0.2) is 0 Å². The number of hydrogen-bond donors (Lipinski definition) is 1. The van der Waals surface area contributed by atoms with E-state index in [9.17, 15) is 0 Å². The van der Waals surface area contributed by atoms with E-state index < -0.39 is 0 Å². The highest BCUT2D eigenvalue weighted by Crippen LogP contribution is 2.27. The predicted octanol–water partition coefficient (Wildman–Crippen LogP) is 1.42. The van der Waals surface area contributed by atoms with E-state index in [2.05, 4.69) is 20.6 Å². The maximum Gasteiger partial charge on any atom is 0.138 e. The van der Waals surface area contributed by atoms with Crippen LogP contribution < -0.4 is 10.1 Å². The zero-order chi connectivity index (χ0) is 14.1. The molecule has 4 heterocycles. The molecule has 1 atom stereocenters. The lowest BCUT2D eigenvalue weighted by molar-refractivity contribution is 0.217. The Balaban J connectivity index is 1.55. The fourth-order valence-electron chi connectivity index (χ4n) is 2.85. The summed E-state index contributed by atoms with van der Waals surface area (Å²) in [6.07, 6.45) is 8.22. The molecule has 0 aliphatic carbocycles. The van der Waals surface area contributed by atoms with Crippen LogP contribution in [0, 0.1) is 0 Å². The summed E-state index contributed by atoms with van der Waals surface area (Å²) in [6.45, 7) is 2.77. The SMILES string of the molecule is c1ncc(-c2nnn3c2CCCC3)cc1OC[C@@H]1CCN1. The van der Waals surface area contributed by atoms with Gasteiger partial charge in [-0.25, -0.2) is 4.68 Å². The molecule has 2 aromatic heterocycles. The third kappa shape index (κ3) is 2.51. The van der Waals surface area contributed by atoms with Crippen LogP contribution in [-0.4, -0.2) is 39.2 Å². The van der Waals surface area contributed by atoms with Crippen LogP contribution in [0.25, 0.3) is 11.3 Å². The van der Waals surface area contributed by atoms with Gasteiger partial charge in [0.05, 0.1) is 11.9 Å². The highest BCUT2D eigenvalue weighted by molar-refractivity contribution is 5.62. The molecule has 0 bridgehead atoms. The molecule has 110 valence electrons. The maximum absolute atomic E-state index is 5.81. The zero-order valence-corrected chi connectivity index (χ0v) is 12.0. The predicted molar refractivity (Wildman–Crippen MR) is 78.1 cm³/mol. The topological polar surface area (TPSA) is 64.9 Å². The van der Waals surface area contributed by atoms with Crippen molar-refractivity contribution in [1.29, 1.82) is 0 Å². The molecule has 0 aromatic carbocycles. The van der Waals surface area contributed by atoms with E-state index in [1.54, 1.807) is 6.20 Å². The number of ether oxygens (including phenoxy) is 1. The van der Waals surface area contributed by atoms with E-state index >= 15 is 0 Å². The zero-order valence-electron chi connectivity index (χ0n) is 12.0. The van der Waals surface area contributed by atoms with Crippen molar-refractivity contribution in [1.82, 2.24) is 25.3 Å². The molecule has 1 fully saturated rings. The van der Waals surface area contributed by atoms with Crippen molar-refractivity contribution in [3.8, 4) is 17.0 Å². The maximum atomic E-state index is 5.81. The molecule has 0 saturated carbocycles. The smallest absolute Gasteiger partial charge is 0.138 e. The quantitative estimate of drug-likeness (QED) is 0.920. The average Bonchev–Trinajstić information content (AvgIpc) is 2.90. The lowest BCUT2D eigenvalue weighted by Crippen LogP contribution is -2.46. The Bertz CT molecular complexity index is 635. The van der Waals surface area contributed by atoms with Gasteiger partial charge in [-0.15, -0.1) is 5.10 Å². The molecule has 21 heavy (non-hydrogen) atoms. The summed E-state index contributed by atoms with van der Waals surface area (Å²) in [7, 11) is 0. The summed E-state index contributed by atoms with van der Waals surface area (Å²) in [6, 6.07) is 2.50. The van der Waals surface area contributed by atoms with Crippen LogP contribution in [0.15, 0.2) is 18.5 Å². The minimum absolute atomic E-state index is 0.482. The van der Waals surface area contributed by atoms with Gasteiger partial charge in [-0.3, -0.25) is 4.98 Å². The Hall–Kier alpha value is -1.95. The molecule has 2 aliphatic rings. The van der Waals surface area contributed by atoms with E-state index in [0.29, 0.717) is 12.6 Å². The van der Waals surface area contributed by atoms with Gasteiger partial charge in [-0.05, 0) is 38.3 Å². The van der Waals surface area contributed by atoms with Crippen molar-refractivity contribution in [2.45, 2.75) is 38.3 Å².